The van der Waals surface area contributed by atoms with Crippen LogP contribution in [0.5, 0.6) is 0 Å². The monoisotopic (exact) mass is 300 g/mol. The molecule has 3 rings (SSSR count). The van der Waals surface area contributed by atoms with Crippen molar-refractivity contribution in [3.05, 3.63) is 47.1 Å². The molecule has 106 valence electrons. The number of hydrogen-bond acceptors (Lipinski definition) is 6. The first kappa shape index (κ1) is 13.4. The van der Waals surface area contributed by atoms with Gasteiger partial charge in [0.1, 0.15) is 5.82 Å². The highest BCUT2D eigenvalue weighted by Gasteiger charge is 2.11. The largest absolute Gasteiger partial charge is 0.339 e. The van der Waals surface area contributed by atoms with E-state index in [0.717, 1.165) is 5.56 Å². The number of anilines is 1. The Morgan fingerprint density at radius 2 is 2.29 bits per heavy atom. The summed E-state index contributed by atoms with van der Waals surface area (Å²) in [5.41, 5.74) is 0.924. The summed E-state index contributed by atoms with van der Waals surface area (Å²) in [6, 6.07) is 7.26. The molecule has 0 atom stereocenters. The van der Waals surface area contributed by atoms with Gasteiger partial charge in [-0.1, -0.05) is 11.2 Å². The fourth-order valence-corrected chi connectivity index (χ4v) is 2.36. The van der Waals surface area contributed by atoms with E-state index in [-0.39, 0.29) is 12.3 Å². The number of carbonyl (C=O) groups excluding carboxylic acids is 1. The van der Waals surface area contributed by atoms with Gasteiger partial charge in [0, 0.05) is 30.0 Å². The summed E-state index contributed by atoms with van der Waals surface area (Å²) in [5, 5.41) is 10.5. The van der Waals surface area contributed by atoms with Crippen molar-refractivity contribution in [3.63, 3.8) is 0 Å². The van der Waals surface area contributed by atoms with Crippen molar-refractivity contribution in [3.8, 4) is 11.4 Å². The van der Waals surface area contributed by atoms with Crippen LogP contribution in [-0.4, -0.2) is 21.0 Å². The quantitative estimate of drug-likeness (QED) is 0.783. The molecular weight excluding hydrogens is 288 g/mol. The van der Waals surface area contributed by atoms with E-state index in [2.05, 4.69) is 20.4 Å². The number of aromatic nitrogens is 3. The average molecular weight is 300 g/mol. The number of thiophene rings is 1. The first-order valence-corrected chi connectivity index (χ1v) is 7.31. The second kappa shape index (κ2) is 6.27. The molecule has 3 aromatic rings. The van der Waals surface area contributed by atoms with Gasteiger partial charge in [0.25, 0.3) is 0 Å². The molecular formula is C14H12N4O2S. The smallest absolute Gasteiger partial charge is 0.227 e. The molecule has 0 aliphatic rings. The van der Waals surface area contributed by atoms with Gasteiger partial charge in [0.2, 0.25) is 17.6 Å². The second-order valence-electron chi connectivity index (χ2n) is 4.29. The van der Waals surface area contributed by atoms with E-state index < -0.39 is 0 Å². The van der Waals surface area contributed by atoms with Crippen LogP contribution in [0.2, 0.25) is 0 Å². The van der Waals surface area contributed by atoms with Crippen LogP contribution in [0.25, 0.3) is 11.4 Å². The van der Waals surface area contributed by atoms with Crippen molar-refractivity contribution in [1.29, 1.82) is 0 Å². The van der Waals surface area contributed by atoms with Gasteiger partial charge in [-0.3, -0.25) is 4.79 Å². The molecule has 21 heavy (non-hydrogen) atoms. The van der Waals surface area contributed by atoms with Crippen molar-refractivity contribution >= 4 is 23.1 Å². The zero-order valence-corrected chi connectivity index (χ0v) is 11.8. The summed E-state index contributed by atoms with van der Waals surface area (Å²) in [6.07, 6.45) is 2.29. The summed E-state index contributed by atoms with van der Waals surface area (Å²) in [6.45, 7) is 0. The molecule has 0 radical (unpaired) electrons. The molecule has 0 unspecified atom stereocenters. The lowest BCUT2D eigenvalue weighted by atomic mass is 10.3. The maximum absolute atomic E-state index is 11.8. The van der Waals surface area contributed by atoms with Crippen molar-refractivity contribution in [2.24, 2.45) is 0 Å². The number of nitrogens with one attached hydrogen (secondary N) is 1. The summed E-state index contributed by atoms with van der Waals surface area (Å²) < 4.78 is 5.14. The molecule has 6 nitrogen and oxygen atoms in total. The number of hydrogen-bond donors (Lipinski definition) is 1. The Bertz CT molecular complexity index is 710. The predicted molar refractivity (Wildman–Crippen MR) is 78.8 cm³/mol. The topological polar surface area (TPSA) is 80.9 Å². The van der Waals surface area contributed by atoms with E-state index in [1.54, 1.807) is 29.7 Å². The van der Waals surface area contributed by atoms with Crippen molar-refractivity contribution in [2.45, 2.75) is 12.8 Å². The average Bonchev–Trinajstić information content (AvgIpc) is 3.17. The van der Waals surface area contributed by atoms with Crippen LogP contribution >= 0.6 is 11.3 Å². The van der Waals surface area contributed by atoms with Crippen LogP contribution in [0, 0.1) is 0 Å². The lowest BCUT2D eigenvalue weighted by molar-refractivity contribution is -0.116. The summed E-state index contributed by atoms with van der Waals surface area (Å²) >= 11 is 1.57. The van der Waals surface area contributed by atoms with E-state index >= 15 is 0 Å². The molecule has 0 saturated carbocycles. The number of carbonyl (C=O) groups is 1. The third-order valence-corrected chi connectivity index (χ3v) is 3.43. The fraction of sp³-hybridized carbons (Fsp3) is 0.143. The molecule has 1 amide bonds. The zero-order chi connectivity index (χ0) is 14.5. The minimum Gasteiger partial charge on any atom is -0.339 e. The molecule has 0 aromatic carbocycles. The molecule has 0 aliphatic carbocycles. The highest BCUT2D eigenvalue weighted by molar-refractivity contribution is 7.08. The van der Waals surface area contributed by atoms with Crippen LogP contribution in [0.4, 0.5) is 5.82 Å². The Morgan fingerprint density at radius 3 is 3.05 bits per heavy atom. The lowest BCUT2D eigenvalue weighted by Crippen LogP contribution is -2.13. The number of pyridine rings is 1. The van der Waals surface area contributed by atoms with E-state index in [1.807, 2.05) is 22.9 Å². The molecule has 0 spiro atoms. The van der Waals surface area contributed by atoms with Gasteiger partial charge in [-0.25, -0.2) is 4.98 Å². The van der Waals surface area contributed by atoms with E-state index in [9.17, 15) is 4.79 Å². The van der Waals surface area contributed by atoms with E-state index in [4.69, 9.17) is 4.52 Å². The maximum Gasteiger partial charge on any atom is 0.227 e. The predicted octanol–water partition coefficient (Wildman–Crippen LogP) is 2.76. The minimum atomic E-state index is -0.135. The SMILES string of the molecule is O=C(CCc1nc(-c2ccsc2)no1)Nc1ccccn1. The van der Waals surface area contributed by atoms with Gasteiger partial charge < -0.3 is 9.84 Å². The second-order valence-corrected chi connectivity index (χ2v) is 5.07. The lowest BCUT2D eigenvalue weighted by Gasteiger charge is -2.01. The molecule has 0 saturated heterocycles. The van der Waals surface area contributed by atoms with Crippen LogP contribution < -0.4 is 5.32 Å². The maximum atomic E-state index is 11.8. The normalized spacial score (nSPS) is 10.5. The number of amides is 1. The van der Waals surface area contributed by atoms with Crippen LogP contribution in [0.1, 0.15) is 12.3 Å². The molecule has 3 heterocycles. The van der Waals surface area contributed by atoms with Crippen molar-refractivity contribution in [2.75, 3.05) is 5.32 Å². The number of rotatable bonds is 5. The van der Waals surface area contributed by atoms with Gasteiger partial charge >= 0.3 is 0 Å². The molecule has 1 N–H and O–H groups in total. The van der Waals surface area contributed by atoms with E-state index in [1.165, 1.54) is 0 Å². The highest BCUT2D eigenvalue weighted by atomic mass is 32.1. The first-order valence-electron chi connectivity index (χ1n) is 6.37. The summed E-state index contributed by atoms with van der Waals surface area (Å²) in [7, 11) is 0. The third-order valence-electron chi connectivity index (χ3n) is 2.75. The Morgan fingerprint density at radius 1 is 1.33 bits per heavy atom. The molecule has 0 bridgehead atoms. The Kier molecular flexibility index (Phi) is 4.02. The highest BCUT2D eigenvalue weighted by Crippen LogP contribution is 2.19. The van der Waals surface area contributed by atoms with Crippen molar-refractivity contribution < 1.29 is 9.32 Å². The summed E-state index contributed by atoms with van der Waals surface area (Å²) in [5.74, 6) is 1.40. The van der Waals surface area contributed by atoms with Gasteiger partial charge in [-0.05, 0) is 23.6 Å². The molecule has 0 fully saturated rings. The van der Waals surface area contributed by atoms with Crippen LogP contribution in [0.3, 0.4) is 0 Å². The van der Waals surface area contributed by atoms with E-state index in [0.29, 0.717) is 24.0 Å². The van der Waals surface area contributed by atoms with Gasteiger partial charge in [-0.2, -0.15) is 16.3 Å². The zero-order valence-electron chi connectivity index (χ0n) is 11.0. The molecule has 3 aromatic heterocycles. The first-order chi connectivity index (χ1) is 10.3. The van der Waals surface area contributed by atoms with Crippen molar-refractivity contribution in [1.82, 2.24) is 15.1 Å². The molecule has 7 heteroatoms. The summed E-state index contributed by atoms with van der Waals surface area (Å²) in [4.78, 5) is 20.1. The van der Waals surface area contributed by atoms with Gasteiger partial charge in [-0.15, -0.1) is 0 Å². The Hall–Kier alpha value is -2.54. The Balaban J connectivity index is 1.54. The number of nitrogens with zero attached hydrogens (tertiary/aromatic N) is 3. The van der Waals surface area contributed by atoms with Crippen LogP contribution in [-0.2, 0) is 11.2 Å². The number of aryl methyl sites for hydroxylation is 1. The minimum absolute atomic E-state index is 0.135. The Labute approximate surface area is 124 Å². The third kappa shape index (κ3) is 3.51. The van der Waals surface area contributed by atoms with Gasteiger partial charge in [0.15, 0.2) is 0 Å². The van der Waals surface area contributed by atoms with Gasteiger partial charge in [0.05, 0.1) is 0 Å². The fourth-order valence-electron chi connectivity index (χ4n) is 1.73. The van der Waals surface area contributed by atoms with Crippen LogP contribution in [0.15, 0.2) is 45.7 Å². The standard InChI is InChI=1S/C14H12N4O2S/c19-12(16-11-3-1-2-7-15-11)4-5-13-17-14(18-20-13)10-6-8-21-9-10/h1-3,6-9H,4-5H2,(H,15,16,19). The molecule has 0 aliphatic heterocycles.